The predicted molar refractivity (Wildman–Crippen MR) is 107 cm³/mol. The third kappa shape index (κ3) is 3.26. The lowest BCUT2D eigenvalue weighted by molar-refractivity contribution is 0.340. The molecule has 2 aromatic carbocycles. The summed E-state index contributed by atoms with van der Waals surface area (Å²) >= 11 is 0. The average Bonchev–Trinajstić information content (AvgIpc) is 3.12. The number of aromatic nitrogens is 5. The molecule has 2 heterocycles. The molecule has 4 rings (SSSR count). The van der Waals surface area contributed by atoms with Gasteiger partial charge < -0.3 is 4.74 Å². The van der Waals surface area contributed by atoms with E-state index < -0.39 is 0 Å². The summed E-state index contributed by atoms with van der Waals surface area (Å²) in [6.07, 6.45) is 1.56. The van der Waals surface area contributed by atoms with Gasteiger partial charge >= 0.3 is 0 Å². The van der Waals surface area contributed by atoms with Crippen LogP contribution >= 0.6 is 0 Å². The van der Waals surface area contributed by atoms with Crippen LogP contribution in [0.5, 0.6) is 5.75 Å². The van der Waals surface area contributed by atoms with Crippen LogP contribution in [0.4, 0.5) is 0 Å². The van der Waals surface area contributed by atoms with Gasteiger partial charge in [0.2, 0.25) is 0 Å². The largest absolute Gasteiger partial charge is 0.494 e. The molecule has 7 heteroatoms. The van der Waals surface area contributed by atoms with Gasteiger partial charge in [0.15, 0.2) is 11.2 Å². The first-order valence-electron chi connectivity index (χ1n) is 9.17. The third-order valence-electron chi connectivity index (χ3n) is 4.67. The van der Waals surface area contributed by atoms with E-state index in [4.69, 9.17) is 4.74 Å². The minimum atomic E-state index is -0.205. The van der Waals surface area contributed by atoms with Gasteiger partial charge in [0, 0.05) is 0 Å². The SMILES string of the molecule is CCOc1ccc(-n2nnc3c(=O)n(Cc4cc(C)ccc4C)cnc32)cc1. The van der Waals surface area contributed by atoms with Crippen molar-refractivity contribution in [3.63, 3.8) is 0 Å². The zero-order valence-corrected chi connectivity index (χ0v) is 16.1. The Bertz CT molecular complexity index is 1190. The summed E-state index contributed by atoms with van der Waals surface area (Å²) in [4.78, 5) is 17.4. The molecule has 0 saturated carbocycles. The number of ether oxygens (including phenoxy) is 1. The van der Waals surface area contributed by atoms with Gasteiger partial charge in [-0.3, -0.25) is 9.36 Å². The molecule has 0 saturated heterocycles. The summed E-state index contributed by atoms with van der Waals surface area (Å²) in [5.74, 6) is 0.777. The van der Waals surface area contributed by atoms with E-state index in [1.165, 1.54) is 0 Å². The van der Waals surface area contributed by atoms with Gasteiger partial charge in [-0.25, -0.2) is 4.98 Å². The molecule has 7 nitrogen and oxygen atoms in total. The highest BCUT2D eigenvalue weighted by Gasteiger charge is 2.14. The molecule has 28 heavy (non-hydrogen) atoms. The van der Waals surface area contributed by atoms with E-state index in [9.17, 15) is 4.79 Å². The monoisotopic (exact) mass is 375 g/mol. The number of rotatable bonds is 5. The van der Waals surface area contributed by atoms with Crippen molar-refractivity contribution in [3.05, 3.63) is 75.8 Å². The molecule has 0 bridgehead atoms. The molecule has 0 fully saturated rings. The van der Waals surface area contributed by atoms with Crippen LogP contribution in [0.1, 0.15) is 23.6 Å². The summed E-state index contributed by atoms with van der Waals surface area (Å²) in [5.41, 5.74) is 4.63. The van der Waals surface area contributed by atoms with Crippen molar-refractivity contribution in [1.29, 1.82) is 0 Å². The molecule has 0 amide bonds. The van der Waals surface area contributed by atoms with Crippen molar-refractivity contribution >= 4 is 11.2 Å². The van der Waals surface area contributed by atoms with Gasteiger partial charge in [-0.05, 0) is 56.2 Å². The second-order valence-corrected chi connectivity index (χ2v) is 6.71. The predicted octanol–water partition coefficient (Wildman–Crippen LogP) is 3.04. The summed E-state index contributed by atoms with van der Waals surface area (Å²) in [6, 6.07) is 13.6. The van der Waals surface area contributed by atoms with Gasteiger partial charge in [-0.2, -0.15) is 4.68 Å². The fraction of sp³-hybridized carbons (Fsp3) is 0.238. The minimum Gasteiger partial charge on any atom is -0.494 e. The Labute approximate surface area is 162 Å². The lowest BCUT2D eigenvalue weighted by Crippen LogP contribution is -2.22. The fourth-order valence-electron chi connectivity index (χ4n) is 3.13. The maximum Gasteiger partial charge on any atom is 0.283 e. The van der Waals surface area contributed by atoms with Gasteiger partial charge in [-0.15, -0.1) is 5.10 Å². The Kier molecular flexibility index (Phi) is 4.65. The molecule has 0 aliphatic carbocycles. The highest BCUT2D eigenvalue weighted by molar-refractivity contribution is 5.70. The molecular formula is C21H21N5O2. The van der Waals surface area contributed by atoms with Crippen LogP contribution in [0.15, 0.2) is 53.6 Å². The summed E-state index contributed by atoms with van der Waals surface area (Å²) in [5, 5.41) is 8.21. The van der Waals surface area contributed by atoms with Crippen molar-refractivity contribution in [3.8, 4) is 11.4 Å². The van der Waals surface area contributed by atoms with E-state index in [1.807, 2.05) is 45.0 Å². The van der Waals surface area contributed by atoms with Crippen molar-refractivity contribution in [2.75, 3.05) is 6.61 Å². The van der Waals surface area contributed by atoms with Crippen LogP contribution in [-0.2, 0) is 6.54 Å². The Morgan fingerprint density at radius 3 is 2.61 bits per heavy atom. The average molecular weight is 375 g/mol. The molecule has 4 aromatic rings. The van der Waals surface area contributed by atoms with Crippen LogP contribution in [-0.4, -0.2) is 31.2 Å². The fourth-order valence-corrected chi connectivity index (χ4v) is 3.13. The standard InChI is InChI=1S/C21H21N5O2/c1-4-28-18-9-7-17(8-10-18)26-20-19(23-24-26)21(27)25(13-22-20)12-16-11-14(2)5-6-15(16)3/h5-11,13H,4,12H2,1-3H3. The zero-order valence-electron chi connectivity index (χ0n) is 16.1. The molecular weight excluding hydrogens is 354 g/mol. The summed E-state index contributed by atoms with van der Waals surface area (Å²) in [6.45, 7) is 7.06. The number of nitrogens with zero attached hydrogens (tertiary/aromatic N) is 5. The Hall–Kier alpha value is -3.48. The number of hydrogen-bond acceptors (Lipinski definition) is 5. The van der Waals surface area contributed by atoms with Crippen molar-refractivity contribution in [2.24, 2.45) is 0 Å². The maximum atomic E-state index is 12.9. The third-order valence-corrected chi connectivity index (χ3v) is 4.67. The topological polar surface area (TPSA) is 74.8 Å². The molecule has 2 aromatic heterocycles. The number of hydrogen-bond donors (Lipinski definition) is 0. The Morgan fingerprint density at radius 1 is 1.07 bits per heavy atom. The van der Waals surface area contributed by atoms with Crippen LogP contribution < -0.4 is 10.3 Å². The van der Waals surface area contributed by atoms with Gasteiger partial charge in [-0.1, -0.05) is 29.0 Å². The van der Waals surface area contributed by atoms with E-state index in [0.29, 0.717) is 18.8 Å². The van der Waals surface area contributed by atoms with Crippen LogP contribution in [0.25, 0.3) is 16.9 Å². The highest BCUT2D eigenvalue weighted by Crippen LogP contribution is 2.17. The zero-order chi connectivity index (χ0) is 19.7. The van der Waals surface area contributed by atoms with Crippen molar-refractivity contribution in [1.82, 2.24) is 24.5 Å². The normalized spacial score (nSPS) is 11.1. The number of aryl methyl sites for hydroxylation is 2. The van der Waals surface area contributed by atoms with E-state index in [-0.39, 0.29) is 11.1 Å². The van der Waals surface area contributed by atoms with Gasteiger partial charge in [0.25, 0.3) is 5.56 Å². The van der Waals surface area contributed by atoms with Crippen molar-refractivity contribution in [2.45, 2.75) is 27.3 Å². The molecule has 0 aliphatic rings. The molecule has 142 valence electrons. The lowest BCUT2D eigenvalue weighted by atomic mass is 10.1. The first kappa shape index (κ1) is 17.9. The summed E-state index contributed by atoms with van der Waals surface area (Å²) < 4.78 is 8.60. The lowest BCUT2D eigenvalue weighted by Gasteiger charge is -2.09. The van der Waals surface area contributed by atoms with E-state index in [1.54, 1.807) is 15.6 Å². The highest BCUT2D eigenvalue weighted by atomic mass is 16.5. The van der Waals surface area contributed by atoms with E-state index in [2.05, 4.69) is 33.5 Å². The molecule has 0 atom stereocenters. The summed E-state index contributed by atoms with van der Waals surface area (Å²) in [7, 11) is 0. The minimum absolute atomic E-state index is 0.205. The number of fused-ring (bicyclic) bond motifs is 1. The quantitative estimate of drug-likeness (QED) is 0.536. The second-order valence-electron chi connectivity index (χ2n) is 6.71. The van der Waals surface area contributed by atoms with E-state index in [0.717, 1.165) is 28.1 Å². The van der Waals surface area contributed by atoms with Crippen molar-refractivity contribution < 1.29 is 4.74 Å². The van der Waals surface area contributed by atoms with Gasteiger partial charge in [0.05, 0.1) is 18.8 Å². The second kappa shape index (κ2) is 7.26. The van der Waals surface area contributed by atoms with Gasteiger partial charge in [0.1, 0.15) is 12.1 Å². The first-order chi connectivity index (χ1) is 13.6. The van der Waals surface area contributed by atoms with Crippen LogP contribution in [0.2, 0.25) is 0 Å². The number of benzene rings is 2. The smallest absolute Gasteiger partial charge is 0.283 e. The molecule has 0 N–H and O–H groups in total. The van der Waals surface area contributed by atoms with Crippen LogP contribution in [0, 0.1) is 13.8 Å². The van der Waals surface area contributed by atoms with Crippen LogP contribution in [0.3, 0.4) is 0 Å². The Balaban J connectivity index is 1.71. The Morgan fingerprint density at radius 2 is 1.86 bits per heavy atom. The molecule has 0 unspecified atom stereocenters. The molecule has 0 aliphatic heterocycles. The maximum absolute atomic E-state index is 12.9. The van der Waals surface area contributed by atoms with E-state index >= 15 is 0 Å². The first-order valence-corrected chi connectivity index (χ1v) is 9.17. The molecule has 0 radical (unpaired) electrons. The molecule has 0 spiro atoms.